The molecule has 5 nitrogen and oxygen atoms in total. The van der Waals surface area contributed by atoms with Gasteiger partial charge in [-0.3, -0.25) is 5.32 Å². The first kappa shape index (κ1) is 22.6. The zero-order chi connectivity index (χ0) is 20.8. The number of aliphatic hydroxyl groups excluding tert-OH is 1. The molecule has 0 bridgehead atoms. The molecule has 0 aromatic heterocycles. The molecule has 1 aliphatic heterocycles. The number of hydrogen-bond donors (Lipinski definition) is 3. The molecule has 0 amide bonds. The van der Waals surface area contributed by atoms with E-state index in [1.54, 1.807) is 0 Å². The molecule has 1 rings (SSSR count). The Labute approximate surface area is 135 Å². The van der Waals surface area contributed by atoms with E-state index in [1.807, 2.05) is 0 Å². The second kappa shape index (κ2) is 6.29. The van der Waals surface area contributed by atoms with Crippen LogP contribution >= 0.6 is 0 Å². The van der Waals surface area contributed by atoms with Crippen LogP contribution < -0.4 is 10.6 Å². The second-order valence-electron chi connectivity index (χ2n) is 4.71. The molecule has 1 fully saturated rings. The number of nitrogens with one attached hydrogen (secondary N) is 2. The predicted octanol–water partition coefficient (Wildman–Crippen LogP) is 2.19. The van der Waals surface area contributed by atoms with E-state index in [4.69, 9.17) is 5.11 Å². The summed E-state index contributed by atoms with van der Waals surface area (Å²) < 4.78 is 160. The average Bonchev–Trinajstić information content (AvgIpc) is 2.75. The average molecular weight is 417 g/mol. The van der Waals surface area contributed by atoms with E-state index in [0.717, 1.165) is 0 Å². The first-order chi connectivity index (χ1) is 11.4. The Morgan fingerprint density at radius 2 is 1.23 bits per heavy atom. The molecule has 1 heterocycles. The first-order valence-electron chi connectivity index (χ1n) is 5.95. The van der Waals surface area contributed by atoms with Gasteiger partial charge in [0.2, 0.25) is 0 Å². The summed E-state index contributed by atoms with van der Waals surface area (Å²) in [6.45, 7) is -2.93. The largest absolute Gasteiger partial charge is 0.434 e. The lowest BCUT2D eigenvalue weighted by atomic mass is 9.97. The van der Waals surface area contributed by atoms with Crippen molar-refractivity contribution in [2.24, 2.45) is 4.99 Å². The lowest BCUT2D eigenvalue weighted by Gasteiger charge is -2.37. The van der Waals surface area contributed by atoms with E-state index in [9.17, 15) is 52.7 Å². The monoisotopic (exact) mass is 417 g/mol. The van der Waals surface area contributed by atoms with E-state index in [-0.39, 0.29) is 5.32 Å². The Morgan fingerprint density at radius 3 is 1.54 bits per heavy atom. The van der Waals surface area contributed by atoms with Crippen molar-refractivity contribution in [2.45, 2.75) is 35.9 Å². The standard InChI is InChI=1S/C9H7F12N3O2/c10-6(11,12)4(7(13,14)15)3(22-1-26-2-25)23-5(24-4,8(16,17)18)9(19,20)21/h24-25H,1-2H2,(H,22,23). The third-order valence-electron chi connectivity index (χ3n) is 3.14. The van der Waals surface area contributed by atoms with E-state index < -0.39 is 60.6 Å². The van der Waals surface area contributed by atoms with E-state index in [2.05, 4.69) is 9.73 Å². The Balaban J connectivity index is 3.78. The number of amidine groups is 1. The van der Waals surface area contributed by atoms with Crippen LogP contribution in [0.4, 0.5) is 52.7 Å². The summed E-state index contributed by atoms with van der Waals surface area (Å²) in [6, 6.07) is 0. The Bertz CT molecular complexity index is 518. The molecule has 3 N–H and O–H groups in total. The van der Waals surface area contributed by atoms with Crippen LogP contribution in [0.2, 0.25) is 0 Å². The molecule has 0 unspecified atom stereocenters. The number of rotatable bonds is 3. The molecule has 17 heteroatoms. The van der Waals surface area contributed by atoms with Gasteiger partial charge in [0.15, 0.2) is 0 Å². The van der Waals surface area contributed by atoms with Gasteiger partial charge in [-0.25, -0.2) is 4.99 Å². The number of nitrogens with zero attached hydrogens (tertiary/aromatic N) is 1. The van der Waals surface area contributed by atoms with Crippen molar-refractivity contribution >= 4 is 5.84 Å². The molecular weight excluding hydrogens is 410 g/mol. The third kappa shape index (κ3) is 3.26. The lowest BCUT2D eigenvalue weighted by Crippen LogP contribution is -2.75. The molecule has 26 heavy (non-hydrogen) atoms. The first-order valence-corrected chi connectivity index (χ1v) is 5.95. The van der Waals surface area contributed by atoms with Gasteiger partial charge in [0, 0.05) is 0 Å². The number of hydrogen-bond acceptors (Lipinski definition) is 4. The van der Waals surface area contributed by atoms with Crippen LogP contribution in [-0.2, 0) is 4.74 Å². The topological polar surface area (TPSA) is 65.9 Å². The van der Waals surface area contributed by atoms with E-state index >= 15 is 0 Å². The molecule has 0 atom stereocenters. The molecule has 0 aromatic rings. The van der Waals surface area contributed by atoms with Crippen molar-refractivity contribution < 1.29 is 62.5 Å². The molecule has 0 aromatic carbocycles. The van der Waals surface area contributed by atoms with E-state index in [0.29, 0.717) is 0 Å². The number of ether oxygens (including phenoxy) is 1. The number of alkyl halides is 12. The van der Waals surface area contributed by atoms with Crippen molar-refractivity contribution in [1.82, 2.24) is 10.6 Å². The predicted molar refractivity (Wildman–Crippen MR) is 56.4 cm³/mol. The Kier molecular flexibility index (Phi) is 5.46. The van der Waals surface area contributed by atoms with Gasteiger partial charge in [-0.2, -0.15) is 52.7 Å². The highest BCUT2D eigenvalue weighted by molar-refractivity contribution is 5.96. The maximum Gasteiger partial charge on any atom is 0.434 e. The number of aliphatic hydroxyl groups is 1. The summed E-state index contributed by atoms with van der Waals surface area (Å²) in [4.78, 5) is 2.34. The molecule has 0 saturated carbocycles. The maximum atomic E-state index is 13.1. The summed E-state index contributed by atoms with van der Waals surface area (Å²) in [7, 11) is 0. The van der Waals surface area contributed by atoms with Gasteiger partial charge in [0.25, 0.3) is 11.2 Å². The zero-order valence-electron chi connectivity index (χ0n) is 11.8. The van der Waals surface area contributed by atoms with Gasteiger partial charge in [-0.15, -0.1) is 0 Å². The van der Waals surface area contributed by atoms with Gasteiger partial charge in [-0.05, 0) is 0 Å². The Hall–Kier alpha value is -1.49. The van der Waals surface area contributed by atoms with Crippen LogP contribution in [0.3, 0.4) is 0 Å². The Morgan fingerprint density at radius 1 is 0.808 bits per heavy atom. The molecule has 0 spiro atoms. The summed E-state index contributed by atoms with van der Waals surface area (Å²) >= 11 is 0. The van der Waals surface area contributed by atoms with Gasteiger partial charge < -0.3 is 15.2 Å². The smallest absolute Gasteiger partial charge is 0.371 e. The highest BCUT2D eigenvalue weighted by atomic mass is 19.4. The van der Waals surface area contributed by atoms with Crippen molar-refractivity contribution in [3.8, 4) is 0 Å². The van der Waals surface area contributed by atoms with Gasteiger partial charge >= 0.3 is 24.7 Å². The summed E-state index contributed by atoms with van der Waals surface area (Å²) in [5.74, 6) is -2.78. The van der Waals surface area contributed by atoms with Crippen LogP contribution in [0.1, 0.15) is 0 Å². The fourth-order valence-electron chi connectivity index (χ4n) is 1.97. The van der Waals surface area contributed by atoms with Crippen LogP contribution in [0.15, 0.2) is 4.99 Å². The van der Waals surface area contributed by atoms with Gasteiger partial charge in [-0.1, -0.05) is 0 Å². The third-order valence-corrected chi connectivity index (χ3v) is 3.14. The fraction of sp³-hybridized carbons (Fsp3) is 0.889. The van der Waals surface area contributed by atoms with Crippen molar-refractivity contribution in [1.29, 1.82) is 0 Å². The van der Waals surface area contributed by atoms with Crippen molar-refractivity contribution in [3.63, 3.8) is 0 Å². The molecule has 1 saturated heterocycles. The molecule has 1 aliphatic rings. The van der Waals surface area contributed by atoms with E-state index in [1.165, 1.54) is 0 Å². The number of halogens is 12. The summed E-state index contributed by atoms with van der Waals surface area (Å²) in [6.07, 6.45) is -26.8. The highest BCUT2D eigenvalue weighted by Crippen LogP contribution is 2.53. The van der Waals surface area contributed by atoms with Gasteiger partial charge in [0.05, 0.1) is 0 Å². The highest BCUT2D eigenvalue weighted by Gasteiger charge is 2.87. The maximum absolute atomic E-state index is 13.1. The van der Waals surface area contributed by atoms with Gasteiger partial charge in [0.1, 0.15) is 19.4 Å². The minimum atomic E-state index is -6.73. The van der Waals surface area contributed by atoms with Crippen molar-refractivity contribution in [3.05, 3.63) is 0 Å². The number of aliphatic imine (C=N–C) groups is 1. The SMILES string of the molecule is OCOCN=C1NC(C(F)(F)F)(C(F)(F)F)NC1(C(F)(F)F)C(F)(F)F. The quantitative estimate of drug-likeness (QED) is 0.374. The second-order valence-corrected chi connectivity index (χ2v) is 4.71. The minimum absolute atomic E-state index is 0.135. The van der Waals surface area contributed by atoms with Crippen molar-refractivity contribution in [2.75, 3.05) is 13.5 Å². The molecule has 154 valence electrons. The fourth-order valence-corrected chi connectivity index (χ4v) is 1.97. The molecular formula is C9H7F12N3O2. The summed E-state index contributed by atoms with van der Waals surface area (Å²) in [5.41, 5.74) is -11.6. The van der Waals surface area contributed by atoms with Crippen LogP contribution in [0.25, 0.3) is 0 Å². The normalized spacial score (nSPS) is 22.6. The van der Waals surface area contributed by atoms with Crippen LogP contribution in [-0.4, -0.2) is 60.4 Å². The van der Waals surface area contributed by atoms with Crippen LogP contribution in [0.5, 0.6) is 0 Å². The lowest BCUT2D eigenvalue weighted by molar-refractivity contribution is -0.334. The molecule has 0 aliphatic carbocycles. The molecule has 0 radical (unpaired) electrons. The zero-order valence-corrected chi connectivity index (χ0v) is 11.8. The van der Waals surface area contributed by atoms with Crippen LogP contribution in [0, 0.1) is 0 Å². The minimum Gasteiger partial charge on any atom is -0.371 e. The summed E-state index contributed by atoms with van der Waals surface area (Å²) in [5, 5.41) is 7.95.